The fourth-order valence-electron chi connectivity index (χ4n) is 2.21. The van der Waals surface area contributed by atoms with E-state index in [1.807, 2.05) is 12.1 Å². The molecule has 1 fully saturated rings. The van der Waals surface area contributed by atoms with Gasteiger partial charge < -0.3 is 19.9 Å². The molecule has 0 aliphatic carbocycles. The Balaban J connectivity index is 0.00000208. The van der Waals surface area contributed by atoms with Crippen molar-refractivity contribution in [1.29, 1.82) is 0 Å². The van der Waals surface area contributed by atoms with Crippen molar-refractivity contribution in [1.82, 2.24) is 20.8 Å². The van der Waals surface area contributed by atoms with Crippen molar-refractivity contribution in [3.05, 3.63) is 35.2 Å². The van der Waals surface area contributed by atoms with Crippen molar-refractivity contribution in [3.63, 3.8) is 0 Å². The van der Waals surface area contributed by atoms with E-state index in [9.17, 15) is 4.79 Å². The topological polar surface area (TPSA) is 89.3 Å². The molecule has 0 bridgehead atoms. The van der Waals surface area contributed by atoms with E-state index in [2.05, 4.69) is 20.8 Å². The van der Waals surface area contributed by atoms with Crippen LogP contribution in [0.5, 0.6) is 0 Å². The van der Waals surface area contributed by atoms with Crippen LogP contribution < -0.4 is 10.6 Å². The molecule has 1 saturated heterocycles. The Morgan fingerprint density at radius 1 is 1.38 bits per heavy atom. The molecule has 1 aliphatic rings. The molecule has 0 radical (unpaired) electrons. The molecule has 9 heteroatoms. The lowest BCUT2D eigenvalue weighted by atomic mass is 10.2. The zero-order chi connectivity index (χ0) is 16.1. The average molecular weight is 373 g/mol. The van der Waals surface area contributed by atoms with Crippen LogP contribution >= 0.6 is 24.0 Å². The number of hydrogen-bond donors (Lipinski definition) is 2. The van der Waals surface area contributed by atoms with Gasteiger partial charge in [-0.3, -0.25) is 4.79 Å². The third-order valence-corrected chi connectivity index (χ3v) is 3.68. The summed E-state index contributed by atoms with van der Waals surface area (Å²) in [6, 6.07) is 7.19. The quantitative estimate of drug-likeness (QED) is 0.825. The second kappa shape index (κ2) is 8.98. The molecule has 1 aliphatic heterocycles. The second-order valence-corrected chi connectivity index (χ2v) is 5.56. The zero-order valence-corrected chi connectivity index (χ0v) is 14.4. The maximum absolute atomic E-state index is 11.9. The van der Waals surface area contributed by atoms with Gasteiger partial charge >= 0.3 is 0 Å². The predicted octanol–water partition coefficient (Wildman–Crippen LogP) is 1.46. The summed E-state index contributed by atoms with van der Waals surface area (Å²) in [5.41, 5.74) is 0.829. The van der Waals surface area contributed by atoms with E-state index in [1.165, 1.54) is 0 Å². The summed E-state index contributed by atoms with van der Waals surface area (Å²) in [5.74, 6) is 0.843. The van der Waals surface area contributed by atoms with Gasteiger partial charge in [-0.15, -0.1) is 12.4 Å². The minimum atomic E-state index is -0.434. The summed E-state index contributed by atoms with van der Waals surface area (Å²) in [6.07, 6.45) is 0.0306. The van der Waals surface area contributed by atoms with Crippen molar-refractivity contribution in [2.75, 3.05) is 26.2 Å². The molecule has 3 rings (SSSR count). The number of nitrogens with zero attached hydrogens (tertiary/aromatic N) is 2. The second-order valence-electron chi connectivity index (χ2n) is 5.12. The Morgan fingerprint density at radius 3 is 2.88 bits per heavy atom. The van der Waals surface area contributed by atoms with Gasteiger partial charge in [-0.05, 0) is 24.3 Å². The third kappa shape index (κ3) is 4.91. The third-order valence-electron chi connectivity index (χ3n) is 3.43. The maximum Gasteiger partial charge on any atom is 0.250 e. The number of rotatable bonds is 5. The number of ether oxygens (including phenoxy) is 1. The van der Waals surface area contributed by atoms with Crippen LogP contribution in [0.15, 0.2) is 28.8 Å². The smallest absolute Gasteiger partial charge is 0.250 e. The van der Waals surface area contributed by atoms with Gasteiger partial charge in [-0.2, -0.15) is 4.98 Å². The minimum absolute atomic E-state index is 0. The van der Waals surface area contributed by atoms with Gasteiger partial charge in [-0.1, -0.05) is 16.8 Å². The molecule has 2 heterocycles. The molecule has 7 nitrogen and oxygen atoms in total. The molecular formula is C15H18Cl2N4O3. The Bertz CT molecular complexity index is 657. The van der Waals surface area contributed by atoms with E-state index < -0.39 is 6.10 Å². The number of amides is 1. The Kier molecular flexibility index (Phi) is 6.99. The Morgan fingerprint density at radius 2 is 2.17 bits per heavy atom. The molecule has 2 N–H and O–H groups in total. The number of hydrogen-bond acceptors (Lipinski definition) is 6. The first-order valence-electron chi connectivity index (χ1n) is 7.41. The number of halogens is 2. The summed E-state index contributed by atoms with van der Waals surface area (Å²) in [5, 5.41) is 10.5. The fraction of sp³-hybridized carbons (Fsp3) is 0.400. The average Bonchev–Trinajstić information content (AvgIpc) is 3.05. The molecule has 2 aromatic rings. The minimum Gasteiger partial charge on any atom is -0.366 e. The summed E-state index contributed by atoms with van der Waals surface area (Å²) in [6.45, 7) is 2.28. The van der Waals surface area contributed by atoms with Gasteiger partial charge in [0.1, 0.15) is 6.10 Å². The lowest BCUT2D eigenvalue weighted by Crippen LogP contribution is -2.48. The zero-order valence-electron chi connectivity index (χ0n) is 12.8. The Labute approximate surface area is 150 Å². The summed E-state index contributed by atoms with van der Waals surface area (Å²) >= 11 is 5.85. The molecule has 130 valence electrons. The summed E-state index contributed by atoms with van der Waals surface area (Å²) < 4.78 is 10.6. The lowest BCUT2D eigenvalue weighted by Gasteiger charge is -2.22. The van der Waals surface area contributed by atoms with Crippen molar-refractivity contribution >= 4 is 29.9 Å². The van der Waals surface area contributed by atoms with Crippen LogP contribution in [0.3, 0.4) is 0 Å². The normalized spacial score (nSPS) is 17.1. The van der Waals surface area contributed by atoms with Crippen LogP contribution in [-0.2, 0) is 16.0 Å². The first-order chi connectivity index (χ1) is 11.2. The first kappa shape index (κ1) is 18.7. The van der Waals surface area contributed by atoms with E-state index in [0.29, 0.717) is 42.9 Å². The highest BCUT2D eigenvalue weighted by molar-refractivity contribution is 6.30. The molecule has 1 aromatic heterocycles. The summed E-state index contributed by atoms with van der Waals surface area (Å²) in [7, 11) is 0. The number of carbonyl (C=O) groups excluding carboxylic acids is 1. The standard InChI is InChI=1S/C15H17ClN4O3.ClH/c16-11-3-1-10(2-4-11)14-19-13(23-20-14)5-6-18-15(21)12-9-17-7-8-22-12;/h1-4,12,17H,5-9H2,(H,18,21);1H. The maximum atomic E-state index is 11.9. The van der Waals surface area contributed by atoms with E-state index in [-0.39, 0.29) is 18.3 Å². The van der Waals surface area contributed by atoms with Crippen LogP contribution in [0.1, 0.15) is 5.89 Å². The Hall–Kier alpha value is -1.67. The van der Waals surface area contributed by atoms with Crippen molar-refractivity contribution in [3.8, 4) is 11.4 Å². The highest BCUT2D eigenvalue weighted by Gasteiger charge is 2.21. The molecular weight excluding hydrogens is 355 g/mol. The highest BCUT2D eigenvalue weighted by atomic mass is 35.5. The van der Waals surface area contributed by atoms with E-state index in [1.54, 1.807) is 12.1 Å². The fourth-order valence-corrected chi connectivity index (χ4v) is 2.34. The number of aromatic nitrogens is 2. The predicted molar refractivity (Wildman–Crippen MR) is 91.3 cm³/mol. The van der Waals surface area contributed by atoms with Gasteiger partial charge in [0.25, 0.3) is 0 Å². The molecule has 0 spiro atoms. The van der Waals surface area contributed by atoms with E-state index in [4.69, 9.17) is 20.9 Å². The number of benzene rings is 1. The van der Waals surface area contributed by atoms with Crippen LogP contribution in [-0.4, -0.2) is 48.4 Å². The van der Waals surface area contributed by atoms with E-state index in [0.717, 1.165) is 12.1 Å². The highest BCUT2D eigenvalue weighted by Crippen LogP contribution is 2.18. The van der Waals surface area contributed by atoms with Crippen LogP contribution in [0.4, 0.5) is 0 Å². The number of nitrogens with one attached hydrogen (secondary N) is 2. The molecule has 24 heavy (non-hydrogen) atoms. The van der Waals surface area contributed by atoms with Crippen LogP contribution in [0, 0.1) is 0 Å². The van der Waals surface area contributed by atoms with E-state index >= 15 is 0 Å². The monoisotopic (exact) mass is 372 g/mol. The largest absolute Gasteiger partial charge is 0.366 e. The van der Waals surface area contributed by atoms with Gasteiger partial charge in [0, 0.05) is 36.6 Å². The van der Waals surface area contributed by atoms with Crippen molar-refractivity contribution < 1.29 is 14.1 Å². The molecule has 1 amide bonds. The van der Waals surface area contributed by atoms with Crippen molar-refractivity contribution in [2.45, 2.75) is 12.5 Å². The van der Waals surface area contributed by atoms with Gasteiger partial charge in [0.05, 0.1) is 6.61 Å². The molecule has 1 unspecified atom stereocenters. The van der Waals surface area contributed by atoms with Crippen LogP contribution in [0.2, 0.25) is 5.02 Å². The first-order valence-corrected chi connectivity index (χ1v) is 7.79. The molecule has 0 saturated carbocycles. The number of morpholine rings is 1. The van der Waals surface area contributed by atoms with Gasteiger partial charge in [-0.25, -0.2) is 0 Å². The van der Waals surface area contributed by atoms with Crippen molar-refractivity contribution in [2.24, 2.45) is 0 Å². The lowest BCUT2D eigenvalue weighted by molar-refractivity contribution is -0.134. The summed E-state index contributed by atoms with van der Waals surface area (Å²) in [4.78, 5) is 16.2. The molecule has 1 atom stereocenters. The number of carbonyl (C=O) groups is 1. The molecule has 1 aromatic carbocycles. The van der Waals surface area contributed by atoms with Gasteiger partial charge in [0.15, 0.2) is 0 Å². The van der Waals surface area contributed by atoms with Crippen LogP contribution in [0.25, 0.3) is 11.4 Å². The SMILES string of the molecule is Cl.O=C(NCCc1nc(-c2ccc(Cl)cc2)no1)C1CNCCO1. The van der Waals surface area contributed by atoms with Gasteiger partial charge in [0.2, 0.25) is 17.6 Å².